The fraction of sp³-hybridized carbons (Fsp3) is 0.0667. The Balaban J connectivity index is 1.77. The van der Waals surface area contributed by atoms with Gasteiger partial charge < -0.3 is 13.9 Å². The van der Waals surface area contributed by atoms with Gasteiger partial charge in [0, 0.05) is 0 Å². The molecule has 0 saturated heterocycles. The molecular weight excluding hydrogens is 272 g/mol. The summed E-state index contributed by atoms with van der Waals surface area (Å²) < 4.78 is 15.7. The highest BCUT2D eigenvalue weighted by atomic mass is 16.6. The summed E-state index contributed by atoms with van der Waals surface area (Å²) in [6.07, 6.45) is -0.674. The van der Waals surface area contributed by atoms with E-state index in [9.17, 15) is 4.79 Å². The summed E-state index contributed by atoms with van der Waals surface area (Å²) in [6.45, 7) is 0. The fourth-order valence-electron chi connectivity index (χ4n) is 1.85. The van der Waals surface area contributed by atoms with E-state index in [1.54, 1.807) is 49.6 Å². The second-order valence-corrected chi connectivity index (χ2v) is 4.15. The van der Waals surface area contributed by atoms with Crippen LogP contribution in [0.4, 0.5) is 10.8 Å². The average Bonchev–Trinajstić information content (AvgIpc) is 2.90. The summed E-state index contributed by atoms with van der Waals surface area (Å²) in [7, 11) is 1.54. The van der Waals surface area contributed by atoms with Gasteiger partial charge in [0.05, 0.1) is 7.11 Å². The van der Waals surface area contributed by atoms with Gasteiger partial charge in [-0.3, -0.25) is 0 Å². The zero-order chi connectivity index (χ0) is 14.7. The minimum absolute atomic E-state index is 0.0513. The summed E-state index contributed by atoms with van der Waals surface area (Å²) in [4.78, 5) is 15.9. The molecule has 3 aromatic rings. The molecule has 0 fully saturated rings. The number of nitrogens with zero attached hydrogens (tertiary/aromatic N) is 1. The van der Waals surface area contributed by atoms with Crippen molar-refractivity contribution in [2.24, 2.45) is 0 Å². The molecule has 2 aromatic carbocycles. The van der Waals surface area contributed by atoms with Gasteiger partial charge in [0.15, 0.2) is 11.1 Å². The molecule has 1 amide bonds. The molecular formula is C15H12N2O4. The van der Waals surface area contributed by atoms with Crippen LogP contribution in [0.3, 0.4) is 0 Å². The molecule has 0 atom stereocenters. The van der Waals surface area contributed by atoms with E-state index in [0.29, 0.717) is 22.6 Å². The number of benzene rings is 2. The van der Waals surface area contributed by atoms with Gasteiger partial charge in [-0.25, -0.2) is 10.1 Å². The highest BCUT2D eigenvalue weighted by Gasteiger charge is 2.13. The number of nitrogens with one attached hydrogen (secondary N) is 1. The van der Waals surface area contributed by atoms with Gasteiger partial charge in [0.25, 0.3) is 0 Å². The lowest BCUT2D eigenvalue weighted by Gasteiger charge is -2.02. The molecule has 0 saturated carbocycles. The number of amides is 1. The van der Waals surface area contributed by atoms with Crippen LogP contribution in [0.15, 0.2) is 52.9 Å². The fourth-order valence-corrected chi connectivity index (χ4v) is 1.85. The molecule has 1 N–H and O–H groups in total. The van der Waals surface area contributed by atoms with Crippen LogP contribution in [0, 0.1) is 0 Å². The van der Waals surface area contributed by atoms with Gasteiger partial charge in [-0.1, -0.05) is 24.3 Å². The van der Waals surface area contributed by atoms with E-state index in [2.05, 4.69) is 10.3 Å². The van der Waals surface area contributed by atoms with Crippen LogP contribution in [-0.4, -0.2) is 18.2 Å². The second-order valence-electron chi connectivity index (χ2n) is 4.15. The topological polar surface area (TPSA) is 73.6 Å². The Morgan fingerprint density at radius 3 is 2.71 bits per heavy atom. The lowest BCUT2D eigenvalue weighted by atomic mass is 10.3. The number of aromatic nitrogens is 1. The third-order valence-electron chi connectivity index (χ3n) is 2.76. The van der Waals surface area contributed by atoms with E-state index < -0.39 is 6.09 Å². The minimum atomic E-state index is -0.674. The van der Waals surface area contributed by atoms with Crippen molar-refractivity contribution in [2.45, 2.75) is 0 Å². The van der Waals surface area contributed by atoms with Crippen LogP contribution in [0.5, 0.6) is 11.5 Å². The highest BCUT2D eigenvalue weighted by Crippen LogP contribution is 2.27. The van der Waals surface area contributed by atoms with Gasteiger partial charge in [-0.05, 0) is 24.3 Å². The summed E-state index contributed by atoms with van der Waals surface area (Å²) in [6, 6.07) is 14.0. The first-order valence-electron chi connectivity index (χ1n) is 6.23. The van der Waals surface area contributed by atoms with Crippen molar-refractivity contribution in [3.8, 4) is 11.5 Å². The number of rotatable bonds is 3. The van der Waals surface area contributed by atoms with E-state index in [0.717, 1.165) is 0 Å². The Morgan fingerprint density at radius 1 is 1.14 bits per heavy atom. The number of methoxy groups -OCH3 is 1. The number of fused-ring (bicyclic) bond motifs is 1. The van der Waals surface area contributed by atoms with Gasteiger partial charge in [-0.2, -0.15) is 4.98 Å². The van der Waals surface area contributed by atoms with Gasteiger partial charge >= 0.3 is 12.1 Å². The Bertz CT molecular complexity index is 768. The molecule has 0 radical (unpaired) electrons. The molecule has 0 bridgehead atoms. The van der Waals surface area contributed by atoms with Crippen LogP contribution in [0.25, 0.3) is 11.1 Å². The number of hydrogen-bond acceptors (Lipinski definition) is 5. The van der Waals surface area contributed by atoms with Crippen LogP contribution in [0.2, 0.25) is 0 Å². The second kappa shape index (κ2) is 5.54. The molecule has 21 heavy (non-hydrogen) atoms. The Morgan fingerprint density at radius 2 is 1.95 bits per heavy atom. The van der Waals surface area contributed by atoms with E-state index in [1.165, 1.54) is 0 Å². The largest absolute Gasteiger partial charge is 0.494 e. The van der Waals surface area contributed by atoms with Crippen LogP contribution >= 0.6 is 0 Å². The molecule has 106 valence electrons. The smallest absolute Gasteiger partial charge is 0.420 e. The lowest BCUT2D eigenvalue weighted by molar-refractivity contribution is 0.214. The maximum absolute atomic E-state index is 11.7. The number of para-hydroxylation sites is 2. The maximum Gasteiger partial charge on any atom is 0.420 e. The van der Waals surface area contributed by atoms with E-state index in [1.807, 2.05) is 6.07 Å². The third-order valence-corrected chi connectivity index (χ3v) is 2.76. The first-order chi connectivity index (χ1) is 10.3. The van der Waals surface area contributed by atoms with Crippen molar-refractivity contribution in [1.82, 2.24) is 4.98 Å². The van der Waals surface area contributed by atoms with E-state index in [-0.39, 0.29) is 6.01 Å². The third kappa shape index (κ3) is 2.79. The maximum atomic E-state index is 11.7. The Kier molecular flexibility index (Phi) is 3.42. The van der Waals surface area contributed by atoms with Gasteiger partial charge in [-0.15, -0.1) is 0 Å². The number of hydrogen-bond donors (Lipinski definition) is 1. The number of carbonyl (C=O) groups is 1. The monoisotopic (exact) mass is 284 g/mol. The molecule has 6 heteroatoms. The van der Waals surface area contributed by atoms with Crippen molar-refractivity contribution in [2.75, 3.05) is 12.4 Å². The van der Waals surface area contributed by atoms with Crippen molar-refractivity contribution < 1.29 is 18.7 Å². The van der Waals surface area contributed by atoms with Crippen LogP contribution in [-0.2, 0) is 0 Å². The molecule has 0 spiro atoms. The molecule has 3 rings (SSSR count). The molecule has 0 aliphatic heterocycles. The summed E-state index contributed by atoms with van der Waals surface area (Å²) in [5.74, 6) is 1.00. The first-order valence-corrected chi connectivity index (χ1v) is 6.23. The first kappa shape index (κ1) is 13.0. The molecule has 1 aromatic heterocycles. The normalized spacial score (nSPS) is 10.3. The van der Waals surface area contributed by atoms with E-state index in [4.69, 9.17) is 13.9 Å². The number of oxazole rings is 1. The zero-order valence-corrected chi connectivity index (χ0v) is 11.2. The van der Waals surface area contributed by atoms with Gasteiger partial charge in [0.2, 0.25) is 0 Å². The summed E-state index contributed by atoms with van der Waals surface area (Å²) in [5.41, 5.74) is 1.05. The minimum Gasteiger partial charge on any atom is -0.494 e. The van der Waals surface area contributed by atoms with E-state index >= 15 is 0 Å². The summed E-state index contributed by atoms with van der Waals surface area (Å²) in [5, 5.41) is 2.44. The van der Waals surface area contributed by atoms with Crippen LogP contribution < -0.4 is 14.8 Å². The Hall–Kier alpha value is -3.02. The lowest BCUT2D eigenvalue weighted by Crippen LogP contribution is -2.16. The van der Waals surface area contributed by atoms with Crippen molar-refractivity contribution in [3.05, 3.63) is 48.5 Å². The molecule has 1 heterocycles. The van der Waals surface area contributed by atoms with Crippen molar-refractivity contribution in [1.29, 1.82) is 0 Å². The predicted octanol–water partition coefficient (Wildman–Crippen LogP) is 3.45. The quantitative estimate of drug-likeness (QED) is 0.797. The van der Waals surface area contributed by atoms with Crippen molar-refractivity contribution in [3.63, 3.8) is 0 Å². The van der Waals surface area contributed by atoms with Crippen LogP contribution in [0.1, 0.15) is 0 Å². The average molecular weight is 284 g/mol. The summed E-state index contributed by atoms with van der Waals surface area (Å²) >= 11 is 0. The highest BCUT2D eigenvalue weighted by molar-refractivity contribution is 5.87. The molecule has 6 nitrogen and oxygen atoms in total. The zero-order valence-electron chi connectivity index (χ0n) is 11.2. The standard InChI is InChI=1S/C15H12N2O4/c1-19-11-8-5-9-12-13(11)16-14(21-12)17-15(18)20-10-6-3-2-4-7-10/h2-9H,1H3,(H,16,17,18). The number of ether oxygens (including phenoxy) is 2. The molecule has 0 unspecified atom stereocenters. The number of anilines is 1. The number of carbonyl (C=O) groups excluding carboxylic acids is 1. The Labute approximate surface area is 120 Å². The van der Waals surface area contributed by atoms with Crippen molar-refractivity contribution >= 4 is 23.2 Å². The van der Waals surface area contributed by atoms with Gasteiger partial charge in [0.1, 0.15) is 11.5 Å². The molecule has 0 aliphatic rings. The SMILES string of the molecule is COc1cccc2oc(NC(=O)Oc3ccccc3)nc12. The molecule has 0 aliphatic carbocycles. The predicted molar refractivity (Wildman–Crippen MR) is 76.6 cm³/mol.